The molecule has 114 valence electrons. The molecule has 3 unspecified atom stereocenters. The minimum Gasteiger partial charge on any atom is -0.391 e. The summed E-state index contributed by atoms with van der Waals surface area (Å²) in [6, 6.07) is 6.88. The molecule has 1 rings (SSSR count). The highest BCUT2D eigenvalue weighted by Crippen LogP contribution is 2.27. The molecule has 3 atom stereocenters. The molecule has 0 bridgehead atoms. The van der Waals surface area contributed by atoms with E-state index in [1.54, 1.807) is 32.0 Å². The summed E-state index contributed by atoms with van der Waals surface area (Å²) in [5.74, 6) is 0.107. The number of sulfone groups is 1. The summed E-state index contributed by atoms with van der Waals surface area (Å²) >= 11 is 0. The first-order chi connectivity index (χ1) is 9.31. The van der Waals surface area contributed by atoms with Gasteiger partial charge in [0.05, 0.1) is 22.9 Å². The van der Waals surface area contributed by atoms with E-state index in [1.165, 1.54) is 0 Å². The smallest absolute Gasteiger partial charge is 0.178 e. The van der Waals surface area contributed by atoms with Crippen LogP contribution in [0.15, 0.2) is 29.2 Å². The number of benzene rings is 1. The average Bonchev–Trinajstić information content (AvgIpc) is 2.44. The summed E-state index contributed by atoms with van der Waals surface area (Å²) in [5, 5.41) is 19.2. The van der Waals surface area contributed by atoms with Crippen LogP contribution in [0.25, 0.3) is 0 Å². The Morgan fingerprint density at radius 3 is 2.35 bits per heavy atom. The van der Waals surface area contributed by atoms with Gasteiger partial charge in [-0.2, -0.15) is 0 Å². The molecule has 0 aliphatic carbocycles. The number of aliphatic hydroxyl groups excluding tert-OH is 2. The first-order valence-electron chi connectivity index (χ1n) is 7.00. The van der Waals surface area contributed by atoms with Crippen molar-refractivity contribution in [3.8, 4) is 0 Å². The first-order valence-corrected chi connectivity index (χ1v) is 8.65. The highest BCUT2D eigenvalue weighted by atomic mass is 32.2. The lowest BCUT2D eigenvalue weighted by Crippen LogP contribution is -2.24. The Kier molecular flexibility index (Phi) is 6.17. The van der Waals surface area contributed by atoms with E-state index in [9.17, 15) is 18.6 Å². The molecular weight excluding hydrogens is 276 g/mol. The monoisotopic (exact) mass is 300 g/mol. The van der Waals surface area contributed by atoms with E-state index in [2.05, 4.69) is 0 Å². The molecule has 0 aliphatic heterocycles. The van der Waals surface area contributed by atoms with E-state index < -0.39 is 22.0 Å². The second kappa shape index (κ2) is 7.20. The van der Waals surface area contributed by atoms with Gasteiger partial charge in [0.25, 0.3) is 0 Å². The Balaban J connectivity index is 3.03. The quantitative estimate of drug-likeness (QED) is 0.808. The summed E-state index contributed by atoms with van der Waals surface area (Å²) in [6.45, 7) is 5.16. The van der Waals surface area contributed by atoms with Crippen molar-refractivity contribution in [2.24, 2.45) is 0 Å². The SMILES string of the molecule is CCC(CC(O)C(C)O)c1cccc(S(=O)(=O)CC)c1. The summed E-state index contributed by atoms with van der Waals surface area (Å²) in [6.07, 6.45) is -0.388. The fourth-order valence-corrected chi connectivity index (χ4v) is 3.09. The highest BCUT2D eigenvalue weighted by molar-refractivity contribution is 7.91. The van der Waals surface area contributed by atoms with Gasteiger partial charge in [0, 0.05) is 0 Å². The van der Waals surface area contributed by atoms with E-state index >= 15 is 0 Å². The van der Waals surface area contributed by atoms with Gasteiger partial charge < -0.3 is 10.2 Å². The fourth-order valence-electron chi connectivity index (χ4n) is 2.16. The van der Waals surface area contributed by atoms with Crippen molar-refractivity contribution in [3.05, 3.63) is 29.8 Å². The van der Waals surface area contributed by atoms with Gasteiger partial charge in [-0.3, -0.25) is 0 Å². The Labute approximate surface area is 121 Å². The minimum atomic E-state index is -3.22. The van der Waals surface area contributed by atoms with Crippen LogP contribution >= 0.6 is 0 Å². The standard InChI is InChI=1S/C15H24O4S/c1-4-12(10-15(17)11(3)16)13-7-6-8-14(9-13)20(18,19)5-2/h6-9,11-12,15-17H,4-5,10H2,1-3H3. The lowest BCUT2D eigenvalue weighted by molar-refractivity contribution is 0.0215. The molecule has 0 spiro atoms. The third kappa shape index (κ3) is 4.30. The van der Waals surface area contributed by atoms with E-state index in [0.29, 0.717) is 11.3 Å². The fraction of sp³-hybridized carbons (Fsp3) is 0.600. The van der Waals surface area contributed by atoms with Crippen LogP contribution in [-0.2, 0) is 9.84 Å². The maximum absolute atomic E-state index is 11.9. The molecule has 0 aliphatic rings. The zero-order valence-electron chi connectivity index (χ0n) is 12.3. The minimum absolute atomic E-state index is 0.0339. The Morgan fingerprint density at radius 1 is 1.20 bits per heavy atom. The van der Waals surface area contributed by atoms with Gasteiger partial charge in [0.15, 0.2) is 9.84 Å². The van der Waals surface area contributed by atoms with E-state index in [-0.39, 0.29) is 11.7 Å². The Bertz CT molecular complexity index is 522. The number of aliphatic hydroxyl groups is 2. The molecular formula is C15H24O4S. The molecule has 0 heterocycles. The van der Waals surface area contributed by atoms with Gasteiger partial charge in [-0.25, -0.2) is 8.42 Å². The topological polar surface area (TPSA) is 74.6 Å². The molecule has 1 aromatic rings. The molecule has 0 fully saturated rings. The van der Waals surface area contributed by atoms with Gasteiger partial charge >= 0.3 is 0 Å². The van der Waals surface area contributed by atoms with Crippen LogP contribution in [0.4, 0.5) is 0 Å². The summed E-state index contributed by atoms with van der Waals surface area (Å²) < 4.78 is 23.8. The van der Waals surface area contributed by atoms with Crippen LogP contribution in [0.1, 0.15) is 45.1 Å². The van der Waals surface area contributed by atoms with E-state index in [4.69, 9.17) is 0 Å². The van der Waals surface area contributed by atoms with E-state index in [0.717, 1.165) is 12.0 Å². The number of hydrogen-bond acceptors (Lipinski definition) is 4. The molecule has 0 saturated carbocycles. The van der Waals surface area contributed by atoms with Crippen LogP contribution in [0.2, 0.25) is 0 Å². The van der Waals surface area contributed by atoms with Gasteiger partial charge in [-0.15, -0.1) is 0 Å². The Morgan fingerprint density at radius 2 is 1.85 bits per heavy atom. The zero-order valence-corrected chi connectivity index (χ0v) is 13.1. The normalized spacial score (nSPS) is 16.6. The lowest BCUT2D eigenvalue weighted by Gasteiger charge is -2.21. The molecule has 5 heteroatoms. The highest BCUT2D eigenvalue weighted by Gasteiger charge is 2.20. The maximum Gasteiger partial charge on any atom is 0.178 e. The third-order valence-electron chi connectivity index (χ3n) is 3.64. The van der Waals surface area contributed by atoms with Crippen molar-refractivity contribution < 1.29 is 18.6 Å². The predicted molar refractivity (Wildman–Crippen MR) is 79.5 cm³/mol. The Hall–Kier alpha value is -0.910. The first kappa shape index (κ1) is 17.1. The zero-order chi connectivity index (χ0) is 15.3. The third-order valence-corrected chi connectivity index (χ3v) is 5.38. The van der Waals surface area contributed by atoms with E-state index in [1.807, 2.05) is 13.0 Å². The number of hydrogen-bond donors (Lipinski definition) is 2. The van der Waals surface area contributed by atoms with Crippen LogP contribution in [-0.4, -0.2) is 36.6 Å². The second-order valence-corrected chi connectivity index (χ2v) is 7.40. The van der Waals surface area contributed by atoms with Crippen LogP contribution < -0.4 is 0 Å². The van der Waals surface area contributed by atoms with Gasteiger partial charge in [-0.1, -0.05) is 26.0 Å². The molecule has 0 saturated heterocycles. The van der Waals surface area contributed by atoms with Crippen molar-refractivity contribution in [1.82, 2.24) is 0 Å². The van der Waals surface area contributed by atoms with Gasteiger partial charge in [-0.05, 0) is 43.4 Å². The lowest BCUT2D eigenvalue weighted by atomic mass is 9.89. The van der Waals surface area contributed by atoms with Crippen molar-refractivity contribution in [2.75, 3.05) is 5.75 Å². The molecule has 0 amide bonds. The molecule has 4 nitrogen and oxygen atoms in total. The molecule has 20 heavy (non-hydrogen) atoms. The van der Waals surface area contributed by atoms with Crippen molar-refractivity contribution in [1.29, 1.82) is 0 Å². The predicted octanol–water partition coefficient (Wildman–Crippen LogP) is 2.11. The second-order valence-electron chi connectivity index (χ2n) is 5.12. The summed E-state index contributed by atoms with van der Waals surface area (Å²) in [5.41, 5.74) is 0.890. The largest absolute Gasteiger partial charge is 0.391 e. The molecule has 1 aromatic carbocycles. The molecule has 0 aromatic heterocycles. The van der Waals surface area contributed by atoms with Gasteiger partial charge in [0.1, 0.15) is 0 Å². The average molecular weight is 300 g/mol. The van der Waals surface area contributed by atoms with Crippen molar-refractivity contribution in [2.45, 2.75) is 56.6 Å². The molecule has 2 N–H and O–H groups in total. The van der Waals surface area contributed by atoms with Crippen molar-refractivity contribution >= 4 is 9.84 Å². The van der Waals surface area contributed by atoms with Crippen molar-refractivity contribution in [3.63, 3.8) is 0 Å². The summed E-state index contributed by atoms with van der Waals surface area (Å²) in [7, 11) is -3.22. The number of rotatable bonds is 7. The maximum atomic E-state index is 11.9. The summed E-state index contributed by atoms with van der Waals surface area (Å²) in [4.78, 5) is 0.322. The van der Waals surface area contributed by atoms with Crippen LogP contribution in [0.3, 0.4) is 0 Å². The van der Waals surface area contributed by atoms with Gasteiger partial charge in [0.2, 0.25) is 0 Å². The van der Waals surface area contributed by atoms with Crippen LogP contribution in [0, 0.1) is 0 Å². The molecule has 0 radical (unpaired) electrons. The van der Waals surface area contributed by atoms with Crippen LogP contribution in [0.5, 0.6) is 0 Å².